The third-order valence-electron chi connectivity index (χ3n) is 1.54. The Kier molecular flexibility index (Phi) is 2.49. The highest BCUT2D eigenvalue weighted by molar-refractivity contribution is 5.75. The van der Waals surface area contributed by atoms with Gasteiger partial charge in [-0.3, -0.25) is 4.79 Å². The highest BCUT2D eigenvalue weighted by Gasteiger charge is 2.02. The van der Waals surface area contributed by atoms with Gasteiger partial charge in [0.25, 0.3) is 0 Å². The number of carbonyl (C=O) groups is 1. The van der Waals surface area contributed by atoms with E-state index in [0.29, 0.717) is 5.69 Å². The summed E-state index contributed by atoms with van der Waals surface area (Å²) in [5.41, 5.74) is 0.499. The molecule has 0 radical (unpaired) electrons. The molecule has 4 nitrogen and oxygen atoms in total. The molecule has 1 amide bonds. The molecule has 12 heavy (non-hydrogen) atoms. The van der Waals surface area contributed by atoms with Gasteiger partial charge in [-0.2, -0.15) is 5.26 Å². The van der Waals surface area contributed by atoms with Gasteiger partial charge in [0.2, 0.25) is 5.91 Å². The first kappa shape index (κ1) is 8.34. The number of hydrogen-bond donors (Lipinski definition) is 1. The van der Waals surface area contributed by atoms with Gasteiger partial charge in [-0.15, -0.1) is 0 Å². The Balaban J connectivity index is 2.76. The van der Waals surface area contributed by atoms with E-state index >= 15 is 0 Å². The Hall–Kier alpha value is -1.76. The zero-order valence-corrected chi connectivity index (χ0v) is 6.74. The maximum absolute atomic E-state index is 10.9. The standard InChI is InChI=1S/C8H9N3O/c1-10-8(12)6-11-4-2-3-7(11)5-9/h2-4H,6H2,1H3,(H,10,12). The maximum atomic E-state index is 10.9. The fourth-order valence-corrected chi connectivity index (χ4v) is 0.887. The fourth-order valence-electron chi connectivity index (χ4n) is 0.887. The molecule has 1 heterocycles. The smallest absolute Gasteiger partial charge is 0.239 e. The molecule has 62 valence electrons. The van der Waals surface area contributed by atoms with E-state index in [2.05, 4.69) is 5.32 Å². The molecule has 0 aliphatic carbocycles. The van der Waals surface area contributed by atoms with E-state index in [-0.39, 0.29) is 12.5 Å². The molecule has 4 heteroatoms. The van der Waals surface area contributed by atoms with Gasteiger partial charge in [0, 0.05) is 13.2 Å². The number of amides is 1. The maximum Gasteiger partial charge on any atom is 0.239 e. The number of nitrogens with zero attached hydrogens (tertiary/aromatic N) is 2. The molecular formula is C8H9N3O. The van der Waals surface area contributed by atoms with Crippen LogP contribution in [0.15, 0.2) is 18.3 Å². The lowest BCUT2D eigenvalue weighted by atomic mass is 10.4. The summed E-state index contributed by atoms with van der Waals surface area (Å²) in [7, 11) is 1.57. The van der Waals surface area contributed by atoms with Gasteiger partial charge in [0.1, 0.15) is 18.3 Å². The Morgan fingerprint density at radius 1 is 1.83 bits per heavy atom. The molecule has 0 aliphatic heterocycles. The molecule has 0 fully saturated rings. The highest BCUT2D eigenvalue weighted by atomic mass is 16.1. The first-order valence-corrected chi connectivity index (χ1v) is 3.53. The summed E-state index contributed by atoms with van der Waals surface area (Å²) < 4.78 is 1.60. The van der Waals surface area contributed by atoms with Gasteiger partial charge in [-0.25, -0.2) is 0 Å². The summed E-state index contributed by atoms with van der Waals surface area (Å²) in [5, 5.41) is 11.1. The summed E-state index contributed by atoms with van der Waals surface area (Å²) in [6.07, 6.45) is 1.70. The van der Waals surface area contributed by atoms with Crippen molar-refractivity contribution in [3.05, 3.63) is 24.0 Å². The van der Waals surface area contributed by atoms with Crippen molar-refractivity contribution in [2.45, 2.75) is 6.54 Å². The van der Waals surface area contributed by atoms with Crippen LogP contribution in [0.4, 0.5) is 0 Å². The van der Waals surface area contributed by atoms with Crippen molar-refractivity contribution in [3.63, 3.8) is 0 Å². The largest absolute Gasteiger partial charge is 0.358 e. The number of carbonyl (C=O) groups excluding carboxylic acids is 1. The average molecular weight is 163 g/mol. The highest BCUT2D eigenvalue weighted by Crippen LogP contribution is 1.99. The number of nitriles is 1. The molecule has 0 aromatic carbocycles. The topological polar surface area (TPSA) is 57.8 Å². The lowest BCUT2D eigenvalue weighted by molar-refractivity contribution is -0.121. The van der Waals surface area contributed by atoms with Crippen LogP contribution in [-0.4, -0.2) is 17.5 Å². The van der Waals surface area contributed by atoms with E-state index in [1.165, 1.54) is 0 Å². The van der Waals surface area contributed by atoms with Gasteiger partial charge in [-0.1, -0.05) is 0 Å². The monoisotopic (exact) mass is 163 g/mol. The number of likely N-dealkylation sites (N-methyl/N-ethyl adjacent to an activating group) is 1. The summed E-state index contributed by atoms with van der Waals surface area (Å²) in [6, 6.07) is 5.40. The van der Waals surface area contributed by atoms with Crippen LogP contribution in [0.1, 0.15) is 5.69 Å². The molecule has 1 rings (SSSR count). The zero-order valence-electron chi connectivity index (χ0n) is 6.74. The number of rotatable bonds is 2. The first-order valence-electron chi connectivity index (χ1n) is 3.53. The van der Waals surface area contributed by atoms with E-state index < -0.39 is 0 Å². The molecule has 1 aromatic heterocycles. The van der Waals surface area contributed by atoms with Crippen LogP contribution < -0.4 is 5.32 Å². The normalized spacial score (nSPS) is 9.00. The number of hydrogen-bond acceptors (Lipinski definition) is 2. The number of aromatic nitrogens is 1. The van der Waals surface area contributed by atoms with Crippen LogP contribution in [0.5, 0.6) is 0 Å². The van der Waals surface area contributed by atoms with Gasteiger partial charge < -0.3 is 9.88 Å². The van der Waals surface area contributed by atoms with Crippen LogP contribution >= 0.6 is 0 Å². The van der Waals surface area contributed by atoms with E-state index in [1.54, 1.807) is 29.9 Å². The Morgan fingerprint density at radius 3 is 3.17 bits per heavy atom. The minimum absolute atomic E-state index is 0.109. The molecule has 0 spiro atoms. The molecule has 0 aliphatic rings. The minimum Gasteiger partial charge on any atom is -0.358 e. The van der Waals surface area contributed by atoms with E-state index in [0.717, 1.165) is 0 Å². The van der Waals surface area contributed by atoms with Gasteiger partial charge >= 0.3 is 0 Å². The predicted octanol–water partition coefficient (Wildman–Crippen LogP) is 0.106. The lowest BCUT2D eigenvalue weighted by Crippen LogP contribution is -2.23. The number of nitrogens with one attached hydrogen (secondary N) is 1. The van der Waals surface area contributed by atoms with Crippen LogP contribution in [0.3, 0.4) is 0 Å². The zero-order chi connectivity index (χ0) is 8.97. The summed E-state index contributed by atoms with van der Waals surface area (Å²) in [6.45, 7) is 0.201. The van der Waals surface area contributed by atoms with E-state index in [1.807, 2.05) is 6.07 Å². The lowest BCUT2D eigenvalue weighted by Gasteiger charge is -2.01. The summed E-state index contributed by atoms with van der Waals surface area (Å²) in [5.74, 6) is -0.109. The van der Waals surface area contributed by atoms with Crippen molar-refractivity contribution in [2.24, 2.45) is 0 Å². The van der Waals surface area contributed by atoms with Crippen molar-refractivity contribution in [1.29, 1.82) is 5.26 Å². The molecule has 0 atom stereocenters. The van der Waals surface area contributed by atoms with Crippen molar-refractivity contribution >= 4 is 5.91 Å². The average Bonchev–Trinajstić information content (AvgIpc) is 2.51. The second kappa shape index (κ2) is 3.58. The quantitative estimate of drug-likeness (QED) is 0.672. The second-order valence-corrected chi connectivity index (χ2v) is 2.31. The molecular weight excluding hydrogens is 154 g/mol. The van der Waals surface area contributed by atoms with Gasteiger partial charge in [-0.05, 0) is 12.1 Å². The molecule has 0 saturated heterocycles. The van der Waals surface area contributed by atoms with E-state index in [4.69, 9.17) is 5.26 Å². The molecule has 1 aromatic rings. The Labute approximate surface area is 70.4 Å². The molecule has 0 unspecified atom stereocenters. The third-order valence-corrected chi connectivity index (χ3v) is 1.54. The molecule has 1 N–H and O–H groups in total. The van der Waals surface area contributed by atoms with Crippen molar-refractivity contribution in [2.75, 3.05) is 7.05 Å². The van der Waals surface area contributed by atoms with E-state index in [9.17, 15) is 4.79 Å². The van der Waals surface area contributed by atoms with Crippen molar-refractivity contribution in [1.82, 2.24) is 9.88 Å². The fraction of sp³-hybridized carbons (Fsp3) is 0.250. The second-order valence-electron chi connectivity index (χ2n) is 2.31. The van der Waals surface area contributed by atoms with Crippen molar-refractivity contribution < 1.29 is 4.79 Å². The molecule has 0 saturated carbocycles. The minimum atomic E-state index is -0.109. The SMILES string of the molecule is CNC(=O)Cn1cccc1C#N. The summed E-state index contributed by atoms with van der Waals surface area (Å²) >= 11 is 0. The van der Waals surface area contributed by atoms with Gasteiger partial charge in [0.15, 0.2) is 0 Å². The Bertz CT molecular complexity index is 321. The predicted molar refractivity (Wildman–Crippen MR) is 43.2 cm³/mol. The van der Waals surface area contributed by atoms with Crippen LogP contribution in [0.2, 0.25) is 0 Å². The third kappa shape index (κ3) is 1.64. The van der Waals surface area contributed by atoms with Crippen LogP contribution in [0, 0.1) is 11.3 Å². The van der Waals surface area contributed by atoms with Crippen LogP contribution in [-0.2, 0) is 11.3 Å². The first-order chi connectivity index (χ1) is 5.77. The van der Waals surface area contributed by atoms with Gasteiger partial charge in [0.05, 0.1) is 0 Å². The summed E-state index contributed by atoms with van der Waals surface area (Å²) in [4.78, 5) is 10.9. The van der Waals surface area contributed by atoms with Crippen molar-refractivity contribution in [3.8, 4) is 6.07 Å². The Morgan fingerprint density at radius 2 is 2.58 bits per heavy atom. The van der Waals surface area contributed by atoms with Crippen LogP contribution in [0.25, 0.3) is 0 Å². The molecule has 0 bridgehead atoms.